The largest absolute Gasteiger partial charge is 0.324 e. The molecule has 0 amide bonds. The van der Waals surface area contributed by atoms with E-state index < -0.39 is 0 Å². The highest BCUT2D eigenvalue weighted by Crippen LogP contribution is 2.24. The first-order valence-corrected chi connectivity index (χ1v) is 5.62. The standard InChI is InChI=1S/C11H24N2/c1-10(2)8-13-9-11(12)6-4-3-5-7-11/h10,13H,3-9,12H2,1-2H3. The van der Waals surface area contributed by atoms with Gasteiger partial charge in [0.15, 0.2) is 0 Å². The highest BCUT2D eigenvalue weighted by atomic mass is 14.9. The van der Waals surface area contributed by atoms with Gasteiger partial charge in [0.2, 0.25) is 0 Å². The molecule has 0 saturated heterocycles. The zero-order chi connectivity index (χ0) is 9.73. The van der Waals surface area contributed by atoms with Crippen LogP contribution in [0.4, 0.5) is 0 Å². The number of nitrogens with two attached hydrogens (primary N) is 1. The van der Waals surface area contributed by atoms with Crippen LogP contribution in [-0.4, -0.2) is 18.6 Å². The normalized spacial score (nSPS) is 22.2. The maximum absolute atomic E-state index is 6.28. The Kier molecular flexibility index (Phi) is 4.20. The van der Waals surface area contributed by atoms with Gasteiger partial charge in [-0.2, -0.15) is 0 Å². The van der Waals surface area contributed by atoms with E-state index in [4.69, 9.17) is 5.73 Å². The van der Waals surface area contributed by atoms with Gasteiger partial charge in [-0.3, -0.25) is 0 Å². The van der Waals surface area contributed by atoms with E-state index in [1.54, 1.807) is 0 Å². The molecule has 0 heterocycles. The molecule has 1 rings (SSSR count). The minimum Gasteiger partial charge on any atom is -0.324 e. The summed E-state index contributed by atoms with van der Waals surface area (Å²) in [7, 11) is 0. The summed E-state index contributed by atoms with van der Waals surface area (Å²) in [4.78, 5) is 0. The lowest BCUT2D eigenvalue weighted by Gasteiger charge is -2.33. The fraction of sp³-hybridized carbons (Fsp3) is 1.00. The average Bonchev–Trinajstić information content (AvgIpc) is 2.04. The molecule has 0 unspecified atom stereocenters. The predicted molar refractivity (Wildman–Crippen MR) is 57.7 cm³/mol. The molecule has 0 aromatic rings. The van der Waals surface area contributed by atoms with E-state index >= 15 is 0 Å². The van der Waals surface area contributed by atoms with Crippen molar-refractivity contribution in [1.29, 1.82) is 0 Å². The Hall–Kier alpha value is -0.0800. The van der Waals surface area contributed by atoms with Gasteiger partial charge in [0, 0.05) is 12.1 Å². The van der Waals surface area contributed by atoms with Gasteiger partial charge in [-0.1, -0.05) is 33.1 Å². The lowest BCUT2D eigenvalue weighted by atomic mass is 9.82. The summed E-state index contributed by atoms with van der Waals surface area (Å²) in [6.07, 6.45) is 6.43. The number of rotatable bonds is 4. The maximum atomic E-state index is 6.28. The van der Waals surface area contributed by atoms with Crippen LogP contribution in [0.1, 0.15) is 46.0 Å². The Labute approximate surface area is 82.3 Å². The highest BCUT2D eigenvalue weighted by molar-refractivity contribution is 4.89. The predicted octanol–water partition coefficient (Wildman–Crippen LogP) is 1.89. The van der Waals surface area contributed by atoms with Gasteiger partial charge in [-0.25, -0.2) is 0 Å². The number of nitrogens with one attached hydrogen (secondary N) is 1. The fourth-order valence-electron chi connectivity index (χ4n) is 2.04. The van der Waals surface area contributed by atoms with Crippen LogP contribution in [0.2, 0.25) is 0 Å². The van der Waals surface area contributed by atoms with E-state index in [-0.39, 0.29) is 5.54 Å². The average molecular weight is 184 g/mol. The second-order valence-electron chi connectivity index (χ2n) is 4.95. The zero-order valence-electron chi connectivity index (χ0n) is 9.10. The van der Waals surface area contributed by atoms with E-state index in [0.29, 0.717) is 0 Å². The van der Waals surface area contributed by atoms with Crippen LogP contribution in [0.3, 0.4) is 0 Å². The minimum absolute atomic E-state index is 0.104. The fourth-order valence-corrected chi connectivity index (χ4v) is 2.04. The van der Waals surface area contributed by atoms with Crippen molar-refractivity contribution in [2.75, 3.05) is 13.1 Å². The molecule has 1 fully saturated rings. The number of hydrogen-bond donors (Lipinski definition) is 2. The van der Waals surface area contributed by atoms with E-state index in [0.717, 1.165) is 19.0 Å². The first-order valence-electron chi connectivity index (χ1n) is 5.62. The van der Waals surface area contributed by atoms with Crippen LogP contribution in [0, 0.1) is 5.92 Å². The third-order valence-electron chi connectivity index (χ3n) is 2.88. The number of hydrogen-bond acceptors (Lipinski definition) is 2. The van der Waals surface area contributed by atoms with Crippen LogP contribution < -0.4 is 11.1 Å². The van der Waals surface area contributed by atoms with Gasteiger partial charge < -0.3 is 11.1 Å². The Morgan fingerprint density at radius 3 is 2.38 bits per heavy atom. The first kappa shape index (κ1) is 11.0. The molecule has 0 spiro atoms. The molecule has 2 nitrogen and oxygen atoms in total. The summed E-state index contributed by atoms with van der Waals surface area (Å²) in [5.41, 5.74) is 6.39. The molecular weight excluding hydrogens is 160 g/mol. The second-order valence-corrected chi connectivity index (χ2v) is 4.95. The molecule has 1 saturated carbocycles. The molecule has 0 bridgehead atoms. The second kappa shape index (κ2) is 4.97. The minimum atomic E-state index is 0.104. The van der Waals surface area contributed by atoms with Gasteiger partial charge in [0.25, 0.3) is 0 Å². The summed E-state index contributed by atoms with van der Waals surface area (Å²) < 4.78 is 0. The van der Waals surface area contributed by atoms with Crippen molar-refractivity contribution in [3.05, 3.63) is 0 Å². The van der Waals surface area contributed by atoms with Crippen LogP contribution in [0.25, 0.3) is 0 Å². The van der Waals surface area contributed by atoms with Crippen molar-refractivity contribution >= 4 is 0 Å². The molecule has 0 aliphatic heterocycles. The van der Waals surface area contributed by atoms with Crippen LogP contribution in [0.15, 0.2) is 0 Å². The molecule has 0 aromatic heterocycles. The van der Waals surface area contributed by atoms with E-state index in [1.807, 2.05) is 0 Å². The summed E-state index contributed by atoms with van der Waals surface area (Å²) in [6.45, 7) is 6.57. The summed E-state index contributed by atoms with van der Waals surface area (Å²) in [5, 5.41) is 3.47. The van der Waals surface area contributed by atoms with E-state index in [2.05, 4.69) is 19.2 Å². The van der Waals surface area contributed by atoms with Crippen molar-refractivity contribution in [3.8, 4) is 0 Å². The van der Waals surface area contributed by atoms with Gasteiger partial charge in [-0.05, 0) is 25.3 Å². The molecule has 3 N–H and O–H groups in total. The third-order valence-corrected chi connectivity index (χ3v) is 2.88. The topological polar surface area (TPSA) is 38.0 Å². The Morgan fingerprint density at radius 1 is 1.23 bits per heavy atom. The molecule has 0 atom stereocenters. The molecular formula is C11H24N2. The molecule has 2 heteroatoms. The third kappa shape index (κ3) is 4.10. The molecule has 0 radical (unpaired) electrons. The molecule has 0 aromatic carbocycles. The van der Waals surface area contributed by atoms with E-state index in [1.165, 1.54) is 32.1 Å². The highest BCUT2D eigenvalue weighted by Gasteiger charge is 2.26. The van der Waals surface area contributed by atoms with E-state index in [9.17, 15) is 0 Å². The Bertz CT molecular complexity index is 137. The Balaban J connectivity index is 2.17. The quantitative estimate of drug-likeness (QED) is 0.700. The van der Waals surface area contributed by atoms with Crippen molar-refractivity contribution in [1.82, 2.24) is 5.32 Å². The molecule has 1 aliphatic rings. The van der Waals surface area contributed by atoms with Crippen LogP contribution in [-0.2, 0) is 0 Å². The smallest absolute Gasteiger partial charge is 0.0280 e. The molecule has 78 valence electrons. The molecule has 13 heavy (non-hydrogen) atoms. The summed E-state index contributed by atoms with van der Waals surface area (Å²) >= 11 is 0. The van der Waals surface area contributed by atoms with Gasteiger partial charge in [0.1, 0.15) is 0 Å². The lowest BCUT2D eigenvalue weighted by molar-refractivity contribution is 0.280. The van der Waals surface area contributed by atoms with Gasteiger partial charge in [-0.15, -0.1) is 0 Å². The Morgan fingerprint density at radius 2 is 1.85 bits per heavy atom. The van der Waals surface area contributed by atoms with Gasteiger partial charge in [0.05, 0.1) is 0 Å². The van der Waals surface area contributed by atoms with Crippen molar-refractivity contribution in [2.45, 2.75) is 51.5 Å². The van der Waals surface area contributed by atoms with Crippen molar-refractivity contribution in [3.63, 3.8) is 0 Å². The van der Waals surface area contributed by atoms with Crippen LogP contribution in [0.5, 0.6) is 0 Å². The monoisotopic (exact) mass is 184 g/mol. The van der Waals surface area contributed by atoms with Crippen molar-refractivity contribution in [2.24, 2.45) is 11.7 Å². The summed E-state index contributed by atoms with van der Waals surface area (Å²) in [5.74, 6) is 0.729. The molecule has 1 aliphatic carbocycles. The zero-order valence-corrected chi connectivity index (χ0v) is 9.10. The first-order chi connectivity index (χ1) is 6.12. The van der Waals surface area contributed by atoms with Gasteiger partial charge >= 0.3 is 0 Å². The van der Waals surface area contributed by atoms with Crippen molar-refractivity contribution < 1.29 is 0 Å². The summed E-state index contributed by atoms with van der Waals surface area (Å²) in [6, 6.07) is 0. The SMILES string of the molecule is CC(C)CNCC1(N)CCCCC1. The maximum Gasteiger partial charge on any atom is 0.0280 e. The lowest BCUT2D eigenvalue weighted by Crippen LogP contribution is -2.50. The van der Waals surface area contributed by atoms with Crippen LogP contribution >= 0.6 is 0 Å².